The minimum Gasteiger partial charge on any atom is -0.497 e. The highest BCUT2D eigenvalue weighted by molar-refractivity contribution is 7.89. The fourth-order valence-electron chi connectivity index (χ4n) is 2.46. The van der Waals surface area contributed by atoms with Crippen molar-refractivity contribution in [2.75, 3.05) is 20.3 Å². The van der Waals surface area contributed by atoms with Crippen LogP contribution in [0.2, 0.25) is 0 Å². The quantitative estimate of drug-likeness (QED) is 0.794. The first-order valence-electron chi connectivity index (χ1n) is 7.34. The number of aliphatic hydroxyl groups is 1. The molecule has 0 spiro atoms. The molecule has 1 fully saturated rings. The summed E-state index contributed by atoms with van der Waals surface area (Å²) in [7, 11) is -1.97. The van der Waals surface area contributed by atoms with Crippen LogP contribution in [-0.2, 0) is 16.4 Å². The second-order valence-electron chi connectivity index (χ2n) is 5.29. The van der Waals surface area contributed by atoms with Crippen LogP contribution in [0.15, 0.2) is 23.1 Å². The molecule has 0 unspecified atom stereocenters. The van der Waals surface area contributed by atoms with Gasteiger partial charge in [0.1, 0.15) is 5.75 Å². The monoisotopic (exact) mass is 313 g/mol. The molecule has 5 nitrogen and oxygen atoms in total. The zero-order valence-corrected chi connectivity index (χ0v) is 13.4. The molecule has 1 N–H and O–H groups in total. The molecule has 1 aromatic carbocycles. The van der Waals surface area contributed by atoms with Gasteiger partial charge in [0.2, 0.25) is 10.0 Å². The van der Waals surface area contributed by atoms with Gasteiger partial charge in [0.05, 0.1) is 12.0 Å². The molecule has 6 heteroatoms. The fraction of sp³-hybridized carbons (Fsp3) is 0.600. The van der Waals surface area contributed by atoms with E-state index in [-0.39, 0.29) is 17.5 Å². The highest BCUT2D eigenvalue weighted by Crippen LogP contribution is 2.34. The van der Waals surface area contributed by atoms with Gasteiger partial charge in [-0.05, 0) is 49.4 Å². The summed E-state index contributed by atoms with van der Waals surface area (Å²) in [6.45, 7) is 2.43. The van der Waals surface area contributed by atoms with Crippen molar-refractivity contribution >= 4 is 10.0 Å². The lowest BCUT2D eigenvalue weighted by molar-refractivity contribution is 0.298. The summed E-state index contributed by atoms with van der Waals surface area (Å²) < 4.78 is 32.6. The van der Waals surface area contributed by atoms with Crippen LogP contribution in [0.5, 0.6) is 5.75 Å². The summed E-state index contributed by atoms with van der Waals surface area (Å²) in [4.78, 5) is 0.290. The van der Waals surface area contributed by atoms with E-state index in [9.17, 15) is 13.5 Å². The Morgan fingerprint density at radius 3 is 2.62 bits per heavy atom. The molecule has 21 heavy (non-hydrogen) atoms. The Morgan fingerprint density at radius 1 is 1.38 bits per heavy atom. The first kappa shape index (κ1) is 16.3. The Hall–Kier alpha value is -1.11. The number of ether oxygens (including phenoxy) is 1. The Kier molecular flexibility index (Phi) is 5.24. The van der Waals surface area contributed by atoms with Gasteiger partial charge in [-0.2, -0.15) is 4.31 Å². The lowest BCUT2D eigenvalue weighted by Crippen LogP contribution is -2.34. The van der Waals surface area contributed by atoms with Crippen LogP contribution in [0, 0.1) is 0 Å². The maximum Gasteiger partial charge on any atom is 0.243 e. The van der Waals surface area contributed by atoms with Gasteiger partial charge in [-0.1, -0.05) is 6.92 Å². The zero-order chi connectivity index (χ0) is 15.5. The van der Waals surface area contributed by atoms with Crippen molar-refractivity contribution in [2.24, 2.45) is 0 Å². The largest absolute Gasteiger partial charge is 0.497 e. The molecule has 2 rings (SSSR count). The Balaban J connectivity index is 2.42. The van der Waals surface area contributed by atoms with Gasteiger partial charge in [0, 0.05) is 19.2 Å². The summed E-state index contributed by atoms with van der Waals surface area (Å²) in [5, 5.41) is 9.19. The molecular formula is C15H23NO4S. The lowest BCUT2D eigenvalue weighted by atomic mass is 10.1. The number of hydrogen-bond acceptors (Lipinski definition) is 4. The Bertz CT molecular complexity index is 581. The fourth-order valence-corrected chi connectivity index (χ4v) is 4.47. The van der Waals surface area contributed by atoms with Crippen LogP contribution in [0.25, 0.3) is 0 Å². The van der Waals surface area contributed by atoms with Crippen LogP contribution >= 0.6 is 0 Å². The van der Waals surface area contributed by atoms with E-state index in [1.165, 1.54) is 0 Å². The van der Waals surface area contributed by atoms with Gasteiger partial charge in [0.25, 0.3) is 0 Å². The molecule has 118 valence electrons. The van der Waals surface area contributed by atoms with Crippen molar-refractivity contribution < 1.29 is 18.3 Å². The SMILES string of the molecule is CCCN(C1CC1)S(=O)(=O)c1ccc(OC)cc1CCO. The van der Waals surface area contributed by atoms with Crippen LogP contribution in [0.1, 0.15) is 31.7 Å². The normalized spacial score (nSPS) is 15.4. The molecule has 0 atom stereocenters. The number of nitrogens with zero attached hydrogens (tertiary/aromatic N) is 1. The molecule has 0 amide bonds. The first-order chi connectivity index (χ1) is 10.0. The van der Waals surface area contributed by atoms with E-state index < -0.39 is 10.0 Å². The van der Waals surface area contributed by atoms with Crippen molar-refractivity contribution in [3.05, 3.63) is 23.8 Å². The second-order valence-corrected chi connectivity index (χ2v) is 7.15. The molecular weight excluding hydrogens is 290 g/mol. The highest BCUT2D eigenvalue weighted by atomic mass is 32.2. The summed E-state index contributed by atoms with van der Waals surface area (Å²) in [5.41, 5.74) is 0.610. The molecule has 0 aliphatic heterocycles. The Labute approximate surface area is 126 Å². The second kappa shape index (κ2) is 6.77. The number of sulfonamides is 1. The van der Waals surface area contributed by atoms with E-state index in [4.69, 9.17) is 4.74 Å². The summed E-state index contributed by atoms with van der Waals surface area (Å²) >= 11 is 0. The average molecular weight is 313 g/mol. The van der Waals surface area contributed by atoms with Gasteiger partial charge in [0.15, 0.2) is 0 Å². The lowest BCUT2D eigenvalue weighted by Gasteiger charge is -2.23. The van der Waals surface area contributed by atoms with Gasteiger partial charge < -0.3 is 9.84 Å². The van der Waals surface area contributed by atoms with Crippen LogP contribution in [0.4, 0.5) is 0 Å². The van der Waals surface area contributed by atoms with E-state index in [0.29, 0.717) is 24.3 Å². The third kappa shape index (κ3) is 3.56. The zero-order valence-electron chi connectivity index (χ0n) is 12.6. The van der Waals surface area contributed by atoms with Crippen LogP contribution in [-0.4, -0.2) is 44.1 Å². The smallest absolute Gasteiger partial charge is 0.243 e. The first-order valence-corrected chi connectivity index (χ1v) is 8.78. The van der Waals surface area contributed by atoms with E-state index >= 15 is 0 Å². The standard InChI is InChI=1S/C15H23NO4S/c1-3-9-16(13-4-5-13)21(18,19)15-7-6-14(20-2)11-12(15)8-10-17/h6-7,11,13,17H,3-5,8-10H2,1-2H3. The van der Waals surface area contributed by atoms with Crippen molar-refractivity contribution in [3.63, 3.8) is 0 Å². The molecule has 0 aromatic heterocycles. The maximum absolute atomic E-state index is 12.9. The molecule has 1 aliphatic rings. The number of methoxy groups -OCH3 is 1. The summed E-state index contributed by atoms with van der Waals surface area (Å²) in [6.07, 6.45) is 2.97. The maximum atomic E-state index is 12.9. The Morgan fingerprint density at radius 2 is 2.10 bits per heavy atom. The van der Waals surface area contributed by atoms with Crippen molar-refractivity contribution in [2.45, 2.75) is 43.5 Å². The number of hydrogen-bond donors (Lipinski definition) is 1. The summed E-state index contributed by atoms with van der Waals surface area (Å²) in [6, 6.07) is 5.08. The van der Waals surface area contributed by atoms with Crippen molar-refractivity contribution in [1.29, 1.82) is 0 Å². The molecule has 0 radical (unpaired) electrons. The minimum absolute atomic E-state index is 0.0904. The topological polar surface area (TPSA) is 66.8 Å². The molecule has 1 aliphatic carbocycles. The predicted octanol–water partition coefficient (Wildman–Crippen LogP) is 1.79. The van der Waals surface area contributed by atoms with Crippen molar-refractivity contribution in [1.82, 2.24) is 4.31 Å². The number of rotatable bonds is 8. The summed E-state index contributed by atoms with van der Waals surface area (Å²) in [5.74, 6) is 0.603. The average Bonchev–Trinajstić information content (AvgIpc) is 3.29. The molecule has 0 bridgehead atoms. The van der Waals surface area contributed by atoms with E-state index in [2.05, 4.69) is 0 Å². The van der Waals surface area contributed by atoms with E-state index in [1.807, 2.05) is 6.92 Å². The van der Waals surface area contributed by atoms with E-state index in [0.717, 1.165) is 19.3 Å². The molecule has 1 aromatic rings. The third-order valence-corrected chi connectivity index (χ3v) is 5.69. The minimum atomic E-state index is -3.51. The van der Waals surface area contributed by atoms with Gasteiger partial charge in [-0.15, -0.1) is 0 Å². The predicted molar refractivity (Wildman–Crippen MR) is 81.0 cm³/mol. The van der Waals surface area contributed by atoms with E-state index in [1.54, 1.807) is 29.6 Å². The van der Waals surface area contributed by atoms with Crippen LogP contribution in [0.3, 0.4) is 0 Å². The number of aliphatic hydroxyl groups excluding tert-OH is 1. The number of benzene rings is 1. The molecule has 1 saturated carbocycles. The van der Waals surface area contributed by atoms with Crippen LogP contribution < -0.4 is 4.74 Å². The highest BCUT2D eigenvalue weighted by Gasteiger charge is 2.38. The third-order valence-electron chi connectivity index (χ3n) is 3.63. The van der Waals surface area contributed by atoms with Crippen molar-refractivity contribution in [3.8, 4) is 5.75 Å². The van der Waals surface area contributed by atoms with Gasteiger partial charge in [-0.3, -0.25) is 0 Å². The molecule has 0 heterocycles. The molecule has 0 saturated heterocycles. The van der Waals surface area contributed by atoms with Gasteiger partial charge >= 0.3 is 0 Å². The van der Waals surface area contributed by atoms with Gasteiger partial charge in [-0.25, -0.2) is 8.42 Å².